The molecule has 1 saturated heterocycles. The van der Waals surface area contributed by atoms with Crippen molar-refractivity contribution in [3.8, 4) is 5.69 Å². The molecular weight excluding hydrogens is 323 g/mol. The van der Waals surface area contributed by atoms with E-state index in [0.717, 1.165) is 25.9 Å². The fourth-order valence-corrected chi connectivity index (χ4v) is 3.01. The molecule has 0 radical (unpaired) electrons. The largest absolute Gasteiger partial charge is 0.351 e. The second-order valence-corrected chi connectivity index (χ2v) is 6.27. The lowest BCUT2D eigenvalue weighted by molar-refractivity contribution is 0.0943. The minimum Gasteiger partial charge on any atom is -0.351 e. The molecule has 1 aromatic heterocycles. The summed E-state index contributed by atoms with van der Waals surface area (Å²) >= 11 is 0. The van der Waals surface area contributed by atoms with Gasteiger partial charge < -0.3 is 10.6 Å². The number of para-hydroxylation sites is 1. The van der Waals surface area contributed by atoms with Crippen molar-refractivity contribution in [2.75, 3.05) is 19.6 Å². The summed E-state index contributed by atoms with van der Waals surface area (Å²) in [5.41, 5.74) is -0.0294. The molecule has 1 atom stereocenters. The SMILES string of the molecule is Cc1cc(=O)c(C(=O)NCCC2CCNC2)nn1-c1ccccc1F. The number of aryl methyl sites for hydroxylation is 1. The molecule has 2 heterocycles. The van der Waals surface area contributed by atoms with Crippen LogP contribution in [0.1, 0.15) is 29.0 Å². The average Bonchev–Trinajstić information content (AvgIpc) is 3.09. The number of rotatable bonds is 5. The molecule has 132 valence electrons. The Morgan fingerprint density at radius 2 is 2.24 bits per heavy atom. The molecule has 0 aliphatic carbocycles. The number of hydrogen-bond donors (Lipinski definition) is 2. The van der Waals surface area contributed by atoms with Gasteiger partial charge in [-0.1, -0.05) is 12.1 Å². The zero-order valence-electron chi connectivity index (χ0n) is 14.1. The van der Waals surface area contributed by atoms with E-state index in [2.05, 4.69) is 15.7 Å². The summed E-state index contributed by atoms with van der Waals surface area (Å²) in [6.45, 7) is 4.10. The maximum atomic E-state index is 14.0. The Morgan fingerprint density at radius 3 is 2.96 bits per heavy atom. The van der Waals surface area contributed by atoms with Gasteiger partial charge in [0.2, 0.25) is 5.43 Å². The molecule has 6 nitrogen and oxygen atoms in total. The van der Waals surface area contributed by atoms with E-state index in [0.29, 0.717) is 18.2 Å². The van der Waals surface area contributed by atoms with Crippen LogP contribution in [-0.2, 0) is 0 Å². The van der Waals surface area contributed by atoms with Gasteiger partial charge in [0, 0.05) is 18.3 Å². The second-order valence-electron chi connectivity index (χ2n) is 6.27. The molecule has 0 bridgehead atoms. The van der Waals surface area contributed by atoms with Crippen molar-refractivity contribution < 1.29 is 9.18 Å². The fraction of sp³-hybridized carbons (Fsp3) is 0.389. The van der Waals surface area contributed by atoms with Crippen LogP contribution in [0.25, 0.3) is 5.69 Å². The van der Waals surface area contributed by atoms with Crippen molar-refractivity contribution >= 4 is 5.91 Å². The summed E-state index contributed by atoms with van der Waals surface area (Å²) in [7, 11) is 0. The Bertz CT molecular complexity index is 828. The van der Waals surface area contributed by atoms with Gasteiger partial charge in [-0.05, 0) is 50.9 Å². The Morgan fingerprint density at radius 1 is 1.44 bits per heavy atom. The smallest absolute Gasteiger partial charge is 0.275 e. The van der Waals surface area contributed by atoms with Crippen LogP contribution < -0.4 is 16.1 Å². The molecule has 2 aromatic rings. The molecular formula is C18H21FN4O2. The standard InChI is InChI=1S/C18H21FN4O2/c1-12-10-16(24)17(18(25)21-9-7-13-6-8-20-11-13)22-23(12)15-5-3-2-4-14(15)19/h2-5,10,13,20H,6-9,11H2,1H3,(H,21,25). The fourth-order valence-electron chi connectivity index (χ4n) is 3.01. The third kappa shape index (κ3) is 3.93. The van der Waals surface area contributed by atoms with E-state index < -0.39 is 17.2 Å². The van der Waals surface area contributed by atoms with Crippen molar-refractivity contribution in [2.24, 2.45) is 5.92 Å². The van der Waals surface area contributed by atoms with E-state index in [1.165, 1.54) is 16.8 Å². The van der Waals surface area contributed by atoms with Gasteiger partial charge in [0.05, 0.1) is 0 Å². The van der Waals surface area contributed by atoms with Crippen LogP contribution in [0.15, 0.2) is 35.1 Å². The van der Waals surface area contributed by atoms with Gasteiger partial charge in [-0.25, -0.2) is 9.07 Å². The molecule has 25 heavy (non-hydrogen) atoms. The third-order valence-corrected chi connectivity index (χ3v) is 4.40. The quantitative estimate of drug-likeness (QED) is 0.860. The van der Waals surface area contributed by atoms with Crippen LogP contribution in [0.5, 0.6) is 0 Å². The van der Waals surface area contributed by atoms with E-state index in [9.17, 15) is 14.0 Å². The number of nitrogens with one attached hydrogen (secondary N) is 2. The lowest BCUT2D eigenvalue weighted by atomic mass is 10.1. The zero-order valence-corrected chi connectivity index (χ0v) is 14.1. The number of carbonyl (C=O) groups excluding carboxylic acids is 1. The molecule has 0 saturated carbocycles. The number of hydrogen-bond acceptors (Lipinski definition) is 4. The molecule has 1 aliphatic rings. The number of nitrogens with zero attached hydrogens (tertiary/aromatic N) is 2. The molecule has 0 spiro atoms. The topological polar surface area (TPSA) is 76.0 Å². The molecule has 3 rings (SSSR count). The van der Waals surface area contributed by atoms with E-state index in [-0.39, 0.29) is 11.4 Å². The Kier molecular flexibility index (Phi) is 5.23. The predicted octanol–water partition coefficient (Wildman–Crippen LogP) is 1.41. The summed E-state index contributed by atoms with van der Waals surface area (Å²) in [4.78, 5) is 24.5. The Labute approximate surface area is 145 Å². The van der Waals surface area contributed by atoms with Gasteiger partial charge in [0.15, 0.2) is 5.69 Å². The van der Waals surface area contributed by atoms with Gasteiger partial charge in [0.25, 0.3) is 5.91 Å². The van der Waals surface area contributed by atoms with Crippen LogP contribution in [0.3, 0.4) is 0 Å². The number of aromatic nitrogens is 2. The highest BCUT2D eigenvalue weighted by atomic mass is 19.1. The monoisotopic (exact) mass is 344 g/mol. The average molecular weight is 344 g/mol. The van der Waals surface area contributed by atoms with Gasteiger partial charge in [-0.3, -0.25) is 9.59 Å². The van der Waals surface area contributed by atoms with E-state index in [1.54, 1.807) is 25.1 Å². The molecule has 1 aliphatic heterocycles. The molecule has 1 aromatic carbocycles. The number of carbonyl (C=O) groups is 1. The first kappa shape index (κ1) is 17.3. The number of halogens is 1. The molecule has 1 unspecified atom stereocenters. The normalized spacial score (nSPS) is 16.8. The number of benzene rings is 1. The highest BCUT2D eigenvalue weighted by molar-refractivity contribution is 5.92. The lowest BCUT2D eigenvalue weighted by Crippen LogP contribution is -2.33. The van der Waals surface area contributed by atoms with E-state index in [4.69, 9.17) is 0 Å². The predicted molar refractivity (Wildman–Crippen MR) is 92.5 cm³/mol. The van der Waals surface area contributed by atoms with Crippen molar-refractivity contribution in [1.29, 1.82) is 0 Å². The van der Waals surface area contributed by atoms with E-state index >= 15 is 0 Å². The van der Waals surface area contributed by atoms with E-state index in [1.807, 2.05) is 0 Å². The van der Waals surface area contributed by atoms with Crippen LogP contribution in [0.2, 0.25) is 0 Å². The minimum atomic E-state index is -0.527. The molecule has 2 N–H and O–H groups in total. The lowest BCUT2D eigenvalue weighted by Gasteiger charge is -2.12. The third-order valence-electron chi connectivity index (χ3n) is 4.40. The summed E-state index contributed by atoms with van der Waals surface area (Å²) < 4.78 is 15.3. The maximum Gasteiger partial charge on any atom is 0.275 e. The van der Waals surface area contributed by atoms with Crippen LogP contribution in [0, 0.1) is 18.7 Å². The van der Waals surface area contributed by atoms with Gasteiger partial charge in [-0.2, -0.15) is 5.10 Å². The summed E-state index contributed by atoms with van der Waals surface area (Å²) in [6.07, 6.45) is 1.95. The van der Waals surface area contributed by atoms with Crippen molar-refractivity contribution in [3.05, 3.63) is 57.8 Å². The summed E-state index contributed by atoms with van der Waals surface area (Å²) in [5.74, 6) is -0.454. The van der Waals surface area contributed by atoms with Gasteiger partial charge in [-0.15, -0.1) is 0 Å². The van der Waals surface area contributed by atoms with Crippen molar-refractivity contribution in [3.63, 3.8) is 0 Å². The van der Waals surface area contributed by atoms with Crippen molar-refractivity contribution in [2.45, 2.75) is 19.8 Å². The number of amides is 1. The highest BCUT2D eigenvalue weighted by Crippen LogP contribution is 2.13. The van der Waals surface area contributed by atoms with Crippen LogP contribution in [0.4, 0.5) is 4.39 Å². The van der Waals surface area contributed by atoms with Gasteiger partial charge >= 0.3 is 0 Å². The molecule has 1 fully saturated rings. The first-order valence-corrected chi connectivity index (χ1v) is 8.41. The first-order valence-electron chi connectivity index (χ1n) is 8.41. The van der Waals surface area contributed by atoms with Crippen molar-refractivity contribution in [1.82, 2.24) is 20.4 Å². The van der Waals surface area contributed by atoms with Gasteiger partial charge in [0.1, 0.15) is 11.5 Å². The van der Waals surface area contributed by atoms with Crippen LogP contribution >= 0.6 is 0 Å². The summed E-state index contributed by atoms with van der Waals surface area (Å²) in [5, 5.41) is 10.1. The van der Waals surface area contributed by atoms with Crippen LogP contribution in [-0.4, -0.2) is 35.3 Å². The molecule has 7 heteroatoms. The summed E-state index contributed by atoms with van der Waals surface area (Å²) in [6, 6.07) is 7.41. The Hall–Kier alpha value is -2.54. The highest BCUT2D eigenvalue weighted by Gasteiger charge is 2.18. The maximum absolute atomic E-state index is 14.0. The molecule has 1 amide bonds. The minimum absolute atomic E-state index is 0.200. The Balaban J connectivity index is 1.79. The second kappa shape index (κ2) is 7.57. The zero-order chi connectivity index (χ0) is 17.8. The first-order chi connectivity index (χ1) is 12.1.